The van der Waals surface area contributed by atoms with Gasteiger partial charge in [0.1, 0.15) is 17.9 Å². The minimum absolute atomic E-state index is 0.287. The number of ether oxygens (including phenoxy) is 1. The number of amides is 1. The maximum absolute atomic E-state index is 13.3. The lowest BCUT2D eigenvalue weighted by atomic mass is 9.91. The van der Waals surface area contributed by atoms with Crippen molar-refractivity contribution in [1.82, 2.24) is 4.90 Å². The Morgan fingerprint density at radius 2 is 1.82 bits per heavy atom. The highest BCUT2D eigenvalue weighted by Crippen LogP contribution is 2.37. The number of carbonyl (C=O) groups is 2. The van der Waals surface area contributed by atoms with Crippen molar-refractivity contribution < 1.29 is 19.4 Å². The van der Waals surface area contributed by atoms with Crippen LogP contribution in [0.25, 0.3) is 0 Å². The van der Waals surface area contributed by atoms with E-state index in [4.69, 9.17) is 16.3 Å². The highest BCUT2D eigenvalue weighted by molar-refractivity contribution is 6.30. The van der Waals surface area contributed by atoms with Gasteiger partial charge in [0, 0.05) is 30.0 Å². The Bertz CT molecular complexity index is 1210. The van der Waals surface area contributed by atoms with E-state index in [0.29, 0.717) is 36.4 Å². The van der Waals surface area contributed by atoms with E-state index < -0.39 is 11.6 Å². The van der Waals surface area contributed by atoms with Gasteiger partial charge in [-0.2, -0.15) is 0 Å². The maximum Gasteiger partial charge on any atom is 0.323 e. The SMILES string of the molecule is Cc1ccccc1CCN(CC(=O)O)C(=O)c1ccc2c(c1)CC(C)(Cc1ccc(Cl)cc1)O2. The van der Waals surface area contributed by atoms with Crippen molar-refractivity contribution in [2.75, 3.05) is 13.1 Å². The van der Waals surface area contributed by atoms with Gasteiger partial charge in [-0.05, 0) is 72.9 Å². The zero-order valence-corrected chi connectivity index (χ0v) is 20.1. The average Bonchev–Trinajstić information content (AvgIpc) is 3.13. The second-order valence-corrected chi connectivity index (χ2v) is 9.59. The zero-order chi connectivity index (χ0) is 24.3. The van der Waals surface area contributed by atoms with E-state index in [-0.39, 0.29) is 12.5 Å². The van der Waals surface area contributed by atoms with E-state index in [1.165, 1.54) is 4.90 Å². The van der Waals surface area contributed by atoms with Crippen LogP contribution in [0.1, 0.15) is 39.5 Å². The molecule has 0 aliphatic carbocycles. The molecule has 0 radical (unpaired) electrons. The summed E-state index contributed by atoms with van der Waals surface area (Å²) in [5.41, 5.74) is 4.36. The van der Waals surface area contributed by atoms with E-state index in [9.17, 15) is 14.7 Å². The number of benzene rings is 3. The molecule has 0 fully saturated rings. The first-order chi connectivity index (χ1) is 16.2. The van der Waals surface area contributed by atoms with Crippen molar-refractivity contribution in [2.24, 2.45) is 0 Å². The monoisotopic (exact) mass is 477 g/mol. The molecule has 1 unspecified atom stereocenters. The summed E-state index contributed by atoms with van der Waals surface area (Å²) in [5, 5.41) is 10.1. The predicted octanol–water partition coefficient (Wildman–Crippen LogP) is 5.35. The average molecular weight is 478 g/mol. The number of hydrogen-bond acceptors (Lipinski definition) is 3. The van der Waals surface area contributed by atoms with Crippen molar-refractivity contribution in [3.05, 3.63) is 99.6 Å². The van der Waals surface area contributed by atoms with Crippen molar-refractivity contribution in [3.63, 3.8) is 0 Å². The molecular formula is C28H28ClNO4. The summed E-state index contributed by atoms with van der Waals surface area (Å²) in [6.45, 7) is 4.06. The quantitative estimate of drug-likeness (QED) is 0.474. The van der Waals surface area contributed by atoms with Crippen LogP contribution in [0.2, 0.25) is 5.02 Å². The molecule has 3 aromatic carbocycles. The number of hydrogen-bond donors (Lipinski definition) is 1. The lowest BCUT2D eigenvalue weighted by Gasteiger charge is -2.24. The summed E-state index contributed by atoms with van der Waals surface area (Å²) < 4.78 is 6.25. The molecule has 176 valence electrons. The Balaban J connectivity index is 1.49. The molecule has 0 saturated heterocycles. The zero-order valence-electron chi connectivity index (χ0n) is 19.4. The molecule has 1 atom stereocenters. The summed E-state index contributed by atoms with van der Waals surface area (Å²) in [6.07, 6.45) is 1.97. The molecular weight excluding hydrogens is 450 g/mol. The van der Waals surface area contributed by atoms with Crippen LogP contribution in [-0.4, -0.2) is 40.6 Å². The van der Waals surface area contributed by atoms with Crippen LogP contribution >= 0.6 is 11.6 Å². The molecule has 6 heteroatoms. The fourth-order valence-corrected chi connectivity index (χ4v) is 4.66. The van der Waals surface area contributed by atoms with Gasteiger partial charge >= 0.3 is 5.97 Å². The van der Waals surface area contributed by atoms with Gasteiger partial charge in [-0.15, -0.1) is 0 Å². The van der Waals surface area contributed by atoms with E-state index >= 15 is 0 Å². The van der Waals surface area contributed by atoms with Crippen LogP contribution in [-0.2, 0) is 24.1 Å². The minimum atomic E-state index is -1.03. The van der Waals surface area contributed by atoms with Gasteiger partial charge in [0.05, 0.1) is 0 Å². The first-order valence-corrected chi connectivity index (χ1v) is 11.7. The molecule has 5 nitrogen and oxygen atoms in total. The fourth-order valence-electron chi connectivity index (χ4n) is 4.53. The van der Waals surface area contributed by atoms with Crippen molar-refractivity contribution in [2.45, 2.75) is 38.7 Å². The molecule has 1 aliphatic heterocycles. The number of aliphatic carboxylic acids is 1. The molecule has 0 spiro atoms. The van der Waals surface area contributed by atoms with Gasteiger partial charge in [0.15, 0.2) is 0 Å². The third-order valence-electron chi connectivity index (χ3n) is 6.25. The second-order valence-electron chi connectivity index (χ2n) is 9.15. The summed E-state index contributed by atoms with van der Waals surface area (Å²) in [6, 6.07) is 21.0. The number of carboxylic acids is 1. The van der Waals surface area contributed by atoms with Crippen molar-refractivity contribution >= 4 is 23.5 Å². The van der Waals surface area contributed by atoms with Crippen LogP contribution < -0.4 is 4.74 Å². The molecule has 4 rings (SSSR count). The van der Waals surface area contributed by atoms with E-state index in [1.807, 2.05) is 67.6 Å². The highest BCUT2D eigenvalue weighted by Gasteiger charge is 2.35. The molecule has 0 aromatic heterocycles. The number of fused-ring (bicyclic) bond motifs is 1. The summed E-state index contributed by atoms with van der Waals surface area (Å²) in [7, 11) is 0. The Labute approximate surface area is 204 Å². The highest BCUT2D eigenvalue weighted by atomic mass is 35.5. The van der Waals surface area contributed by atoms with E-state index in [1.54, 1.807) is 6.07 Å². The number of rotatable bonds is 8. The first kappa shape index (κ1) is 23.8. The lowest BCUT2D eigenvalue weighted by molar-refractivity contribution is -0.137. The number of aryl methyl sites for hydroxylation is 1. The fraction of sp³-hybridized carbons (Fsp3) is 0.286. The number of carbonyl (C=O) groups excluding carboxylic acids is 1. The van der Waals surface area contributed by atoms with Crippen LogP contribution in [0.3, 0.4) is 0 Å². The Morgan fingerprint density at radius 1 is 1.09 bits per heavy atom. The van der Waals surface area contributed by atoms with Crippen LogP contribution in [0.15, 0.2) is 66.7 Å². The van der Waals surface area contributed by atoms with Crippen LogP contribution in [0, 0.1) is 6.92 Å². The number of halogens is 1. The summed E-state index contributed by atoms with van der Waals surface area (Å²) in [5.74, 6) is -0.555. The normalized spacial score (nSPS) is 16.6. The molecule has 1 amide bonds. The predicted molar refractivity (Wildman–Crippen MR) is 133 cm³/mol. The standard InChI is InChI=1S/C28H28ClNO4/c1-19-5-3-4-6-21(19)13-14-30(18-26(31)32)27(33)22-9-12-25-23(15-22)17-28(2,34-25)16-20-7-10-24(29)11-8-20/h3-12,15H,13-14,16-18H2,1-2H3,(H,31,32). The van der Waals surface area contributed by atoms with Gasteiger partial charge in [-0.3, -0.25) is 9.59 Å². The topological polar surface area (TPSA) is 66.8 Å². The largest absolute Gasteiger partial charge is 0.487 e. The molecule has 1 heterocycles. The smallest absolute Gasteiger partial charge is 0.323 e. The molecule has 0 bridgehead atoms. The first-order valence-electron chi connectivity index (χ1n) is 11.3. The molecule has 3 aromatic rings. The molecule has 1 N–H and O–H groups in total. The Morgan fingerprint density at radius 3 is 2.53 bits per heavy atom. The second kappa shape index (κ2) is 9.90. The van der Waals surface area contributed by atoms with Gasteiger partial charge in [-0.25, -0.2) is 0 Å². The summed E-state index contributed by atoms with van der Waals surface area (Å²) in [4.78, 5) is 26.2. The lowest BCUT2D eigenvalue weighted by Crippen LogP contribution is -2.37. The Hall–Kier alpha value is -3.31. The van der Waals surface area contributed by atoms with E-state index in [0.717, 1.165) is 28.0 Å². The van der Waals surface area contributed by atoms with Crippen molar-refractivity contribution in [3.8, 4) is 5.75 Å². The summed E-state index contributed by atoms with van der Waals surface area (Å²) >= 11 is 6.00. The van der Waals surface area contributed by atoms with Gasteiger partial charge < -0.3 is 14.7 Å². The van der Waals surface area contributed by atoms with Crippen LogP contribution in [0.4, 0.5) is 0 Å². The third kappa shape index (κ3) is 5.60. The van der Waals surface area contributed by atoms with Gasteiger partial charge in [0.2, 0.25) is 0 Å². The minimum Gasteiger partial charge on any atom is -0.487 e. The van der Waals surface area contributed by atoms with Gasteiger partial charge in [0.25, 0.3) is 5.91 Å². The molecule has 1 aliphatic rings. The number of carboxylic acid groups (broad SMARTS) is 1. The Kier molecular flexibility index (Phi) is 6.94. The molecule has 34 heavy (non-hydrogen) atoms. The maximum atomic E-state index is 13.3. The number of nitrogens with zero attached hydrogens (tertiary/aromatic N) is 1. The van der Waals surface area contributed by atoms with Crippen molar-refractivity contribution in [1.29, 1.82) is 0 Å². The molecule has 0 saturated carbocycles. The third-order valence-corrected chi connectivity index (χ3v) is 6.50. The van der Waals surface area contributed by atoms with E-state index in [2.05, 4.69) is 6.92 Å². The van der Waals surface area contributed by atoms with Crippen LogP contribution in [0.5, 0.6) is 5.75 Å². The van der Waals surface area contributed by atoms with Gasteiger partial charge in [-0.1, -0.05) is 48.0 Å².